The maximum atomic E-state index is 11.9. The third kappa shape index (κ3) is 2.14. The van der Waals surface area contributed by atoms with Crippen molar-refractivity contribution in [3.05, 3.63) is 12.0 Å². The lowest BCUT2D eigenvalue weighted by atomic mass is 10.3. The van der Waals surface area contributed by atoms with E-state index in [1.807, 2.05) is 0 Å². The fraction of sp³-hybridized carbons (Fsp3) is 0.444. The number of sulfonamides is 1. The molecule has 2 heterocycles. The molecule has 2 amide bonds. The molecule has 1 unspecified atom stereocenters. The third-order valence-electron chi connectivity index (χ3n) is 2.65. The molecule has 0 bridgehead atoms. The van der Waals surface area contributed by atoms with Crippen molar-refractivity contribution in [1.82, 2.24) is 19.6 Å². The summed E-state index contributed by atoms with van der Waals surface area (Å²) < 4.78 is 26.0. The standard InChI is InChI=1S/C9H12N4O4S/c1-5-10-4-7(11-5)18(16,17)12-6-3-8(14)13(2)9(6)15/h4,6,12H,3H2,1-2H3,(H,10,11). The SMILES string of the molecule is Cc1ncc(S(=O)(=O)NC2CC(=O)N(C)C2=O)[nH]1. The zero-order valence-electron chi connectivity index (χ0n) is 9.80. The normalized spacial score (nSPS) is 20.8. The second kappa shape index (κ2) is 4.18. The lowest BCUT2D eigenvalue weighted by Gasteiger charge is -2.10. The van der Waals surface area contributed by atoms with Crippen molar-refractivity contribution in [2.45, 2.75) is 24.4 Å². The van der Waals surface area contributed by atoms with Gasteiger partial charge in [0, 0.05) is 7.05 Å². The number of amides is 2. The average Bonchev–Trinajstić information content (AvgIpc) is 2.81. The minimum Gasteiger partial charge on any atom is -0.332 e. The zero-order valence-corrected chi connectivity index (χ0v) is 10.6. The molecule has 2 rings (SSSR count). The molecule has 0 spiro atoms. The number of imidazole rings is 1. The number of hydrogen-bond donors (Lipinski definition) is 2. The van der Waals surface area contributed by atoms with Gasteiger partial charge in [-0.25, -0.2) is 13.4 Å². The van der Waals surface area contributed by atoms with Crippen LogP contribution in [0.25, 0.3) is 0 Å². The molecule has 1 aliphatic rings. The molecule has 0 aromatic carbocycles. The molecule has 0 radical (unpaired) electrons. The van der Waals surface area contributed by atoms with Crippen molar-refractivity contribution in [3.8, 4) is 0 Å². The van der Waals surface area contributed by atoms with Crippen LogP contribution in [-0.2, 0) is 19.6 Å². The first kappa shape index (κ1) is 12.7. The third-order valence-corrected chi connectivity index (χ3v) is 4.03. The number of nitrogens with zero attached hydrogens (tertiary/aromatic N) is 2. The number of aromatic nitrogens is 2. The number of likely N-dealkylation sites (N-methyl/N-ethyl adjacent to an activating group) is 1. The van der Waals surface area contributed by atoms with E-state index < -0.39 is 27.9 Å². The Morgan fingerprint density at radius 1 is 1.50 bits per heavy atom. The first-order valence-corrected chi connectivity index (χ1v) is 6.64. The van der Waals surface area contributed by atoms with Crippen molar-refractivity contribution < 1.29 is 18.0 Å². The van der Waals surface area contributed by atoms with Gasteiger partial charge in [0.2, 0.25) is 11.8 Å². The largest absolute Gasteiger partial charge is 0.332 e. The van der Waals surface area contributed by atoms with Gasteiger partial charge < -0.3 is 4.98 Å². The summed E-state index contributed by atoms with van der Waals surface area (Å²) in [5.41, 5.74) is 0. The monoisotopic (exact) mass is 272 g/mol. The highest BCUT2D eigenvalue weighted by molar-refractivity contribution is 7.89. The molecule has 2 N–H and O–H groups in total. The molecule has 18 heavy (non-hydrogen) atoms. The molecule has 1 saturated heterocycles. The van der Waals surface area contributed by atoms with Crippen LogP contribution in [0.2, 0.25) is 0 Å². The number of rotatable bonds is 3. The minimum absolute atomic E-state index is 0.130. The summed E-state index contributed by atoms with van der Waals surface area (Å²) in [6, 6.07) is -1.05. The first-order valence-electron chi connectivity index (χ1n) is 5.15. The lowest BCUT2D eigenvalue weighted by molar-refractivity contribution is -0.137. The van der Waals surface area contributed by atoms with Gasteiger partial charge in [-0.2, -0.15) is 4.72 Å². The Morgan fingerprint density at radius 2 is 2.17 bits per heavy atom. The van der Waals surface area contributed by atoms with Crippen LogP contribution < -0.4 is 4.72 Å². The van der Waals surface area contributed by atoms with E-state index in [-0.39, 0.29) is 11.4 Å². The van der Waals surface area contributed by atoms with E-state index in [0.717, 1.165) is 11.1 Å². The Hall–Kier alpha value is -1.74. The Morgan fingerprint density at radius 3 is 2.61 bits per heavy atom. The summed E-state index contributed by atoms with van der Waals surface area (Å²) in [4.78, 5) is 30.1. The predicted octanol–water partition coefficient (Wildman–Crippen LogP) is -1.25. The highest BCUT2D eigenvalue weighted by Gasteiger charge is 2.38. The molecule has 0 aliphatic carbocycles. The molecule has 1 atom stereocenters. The molecule has 9 heteroatoms. The number of aromatic amines is 1. The van der Waals surface area contributed by atoms with Crippen molar-refractivity contribution >= 4 is 21.8 Å². The number of H-pyrrole nitrogens is 1. The van der Waals surface area contributed by atoms with Crippen molar-refractivity contribution in [2.24, 2.45) is 0 Å². The maximum Gasteiger partial charge on any atom is 0.258 e. The van der Waals surface area contributed by atoms with Gasteiger partial charge in [-0.05, 0) is 6.92 Å². The summed E-state index contributed by atoms with van der Waals surface area (Å²) in [5.74, 6) is -0.519. The van der Waals surface area contributed by atoms with Crippen molar-refractivity contribution in [1.29, 1.82) is 0 Å². The number of likely N-dealkylation sites (tertiary alicyclic amines) is 1. The highest BCUT2D eigenvalue weighted by atomic mass is 32.2. The Labute approximate surface area is 103 Å². The van der Waals surface area contributed by atoms with Crippen LogP contribution in [0, 0.1) is 6.92 Å². The van der Waals surface area contributed by atoms with Crippen molar-refractivity contribution in [3.63, 3.8) is 0 Å². The van der Waals surface area contributed by atoms with Gasteiger partial charge in [-0.3, -0.25) is 14.5 Å². The van der Waals surface area contributed by atoms with Gasteiger partial charge in [0.25, 0.3) is 10.0 Å². The summed E-state index contributed by atoms with van der Waals surface area (Å²) in [6.07, 6.45) is 0.990. The van der Waals surface area contributed by atoms with Gasteiger partial charge >= 0.3 is 0 Å². The van der Waals surface area contributed by atoms with Crippen LogP contribution in [0.5, 0.6) is 0 Å². The number of imide groups is 1. The Balaban J connectivity index is 2.20. The van der Waals surface area contributed by atoms with E-state index in [2.05, 4.69) is 14.7 Å². The number of carbonyl (C=O) groups excluding carboxylic acids is 2. The molecular formula is C9H12N4O4S. The highest BCUT2D eigenvalue weighted by Crippen LogP contribution is 2.14. The van der Waals surface area contributed by atoms with Gasteiger partial charge in [0.05, 0.1) is 12.6 Å². The smallest absolute Gasteiger partial charge is 0.258 e. The molecule has 98 valence electrons. The molecule has 0 saturated carbocycles. The lowest BCUT2D eigenvalue weighted by Crippen LogP contribution is -2.40. The number of carbonyl (C=O) groups is 2. The summed E-state index contributed by atoms with van der Waals surface area (Å²) in [5, 5.41) is -0.130. The predicted molar refractivity (Wildman–Crippen MR) is 59.8 cm³/mol. The van der Waals surface area contributed by atoms with E-state index in [1.165, 1.54) is 7.05 Å². The Kier molecular flexibility index (Phi) is 2.95. The van der Waals surface area contributed by atoms with Crippen LogP contribution in [0.1, 0.15) is 12.2 Å². The molecule has 1 aliphatic heterocycles. The average molecular weight is 272 g/mol. The zero-order chi connectivity index (χ0) is 13.5. The number of aryl methyl sites for hydroxylation is 1. The van der Waals surface area contributed by atoms with Crippen LogP contribution in [0.3, 0.4) is 0 Å². The van der Waals surface area contributed by atoms with Crippen LogP contribution in [-0.4, -0.2) is 48.2 Å². The van der Waals surface area contributed by atoms with Crippen LogP contribution >= 0.6 is 0 Å². The fourth-order valence-electron chi connectivity index (χ4n) is 1.63. The molecular weight excluding hydrogens is 260 g/mol. The van der Waals surface area contributed by atoms with Gasteiger partial charge in [0.1, 0.15) is 11.9 Å². The van der Waals surface area contributed by atoms with Gasteiger partial charge in [-0.1, -0.05) is 0 Å². The number of nitrogens with one attached hydrogen (secondary N) is 2. The molecule has 8 nitrogen and oxygen atoms in total. The first-order chi connectivity index (χ1) is 8.31. The van der Waals surface area contributed by atoms with Gasteiger partial charge in [-0.15, -0.1) is 0 Å². The van der Waals surface area contributed by atoms with Crippen LogP contribution in [0.4, 0.5) is 0 Å². The quantitative estimate of drug-likeness (QED) is 0.668. The van der Waals surface area contributed by atoms with E-state index in [0.29, 0.717) is 5.82 Å². The van der Waals surface area contributed by atoms with E-state index >= 15 is 0 Å². The summed E-state index contributed by atoms with van der Waals surface area (Å²) in [6.45, 7) is 1.61. The van der Waals surface area contributed by atoms with Crippen molar-refractivity contribution in [2.75, 3.05) is 7.05 Å². The van der Waals surface area contributed by atoms with E-state index in [4.69, 9.17) is 0 Å². The molecule has 1 fully saturated rings. The van der Waals surface area contributed by atoms with E-state index in [1.54, 1.807) is 6.92 Å². The minimum atomic E-state index is -3.87. The topological polar surface area (TPSA) is 112 Å². The number of hydrogen-bond acceptors (Lipinski definition) is 5. The van der Waals surface area contributed by atoms with Gasteiger partial charge in [0.15, 0.2) is 5.03 Å². The molecule has 1 aromatic heterocycles. The maximum absolute atomic E-state index is 11.9. The Bertz CT molecular complexity index is 606. The second-order valence-electron chi connectivity index (χ2n) is 4.00. The van der Waals surface area contributed by atoms with E-state index in [9.17, 15) is 18.0 Å². The second-order valence-corrected chi connectivity index (χ2v) is 5.68. The fourth-order valence-corrected chi connectivity index (χ4v) is 2.79. The molecule has 1 aromatic rings. The summed E-state index contributed by atoms with van der Waals surface area (Å²) in [7, 11) is -2.55. The van der Waals surface area contributed by atoms with Crippen LogP contribution in [0.15, 0.2) is 11.2 Å². The summed E-state index contributed by atoms with van der Waals surface area (Å²) >= 11 is 0.